The number of nitrogens with zero attached hydrogens (tertiary/aromatic N) is 3. The zero-order valence-corrected chi connectivity index (χ0v) is 16.2. The molecule has 7 heteroatoms. The van der Waals surface area contributed by atoms with Gasteiger partial charge in [0, 0.05) is 11.1 Å². The molecule has 0 radical (unpaired) electrons. The first kappa shape index (κ1) is 16.6. The number of aliphatic imine (C=N–C) groups is 1. The maximum absolute atomic E-state index is 6.49. The van der Waals surface area contributed by atoms with Crippen molar-refractivity contribution in [3.8, 4) is 0 Å². The Balaban J connectivity index is 1.80. The van der Waals surface area contributed by atoms with E-state index in [4.69, 9.17) is 20.5 Å². The van der Waals surface area contributed by atoms with E-state index < -0.39 is 0 Å². The standard InChI is InChI=1S/C18H20N4OS2/c1-9-10(2)14-15(19)16(25-18(14)20-11(9)3)12-8-23-22-17(21-12)13-6-4-5-7-24-13/h6H,4-5,7-8,19H2,1-3H3. The molecule has 2 aromatic rings. The first-order valence-corrected chi connectivity index (χ1v) is 10.1. The van der Waals surface area contributed by atoms with Gasteiger partial charge in [0.15, 0.2) is 6.61 Å². The summed E-state index contributed by atoms with van der Waals surface area (Å²) in [5.41, 5.74) is 11.5. The average Bonchev–Trinajstić information content (AvgIpc) is 2.97. The molecule has 4 rings (SSSR count). The fourth-order valence-corrected chi connectivity index (χ4v) is 5.20. The number of aryl methyl sites for hydroxylation is 2. The molecule has 0 spiro atoms. The van der Waals surface area contributed by atoms with Gasteiger partial charge in [0.2, 0.25) is 5.84 Å². The van der Waals surface area contributed by atoms with Crippen LogP contribution in [0.5, 0.6) is 0 Å². The number of oxime groups is 1. The number of pyridine rings is 1. The second kappa shape index (κ2) is 6.46. The number of aromatic nitrogens is 1. The summed E-state index contributed by atoms with van der Waals surface area (Å²) in [5.74, 6) is 1.77. The van der Waals surface area contributed by atoms with E-state index in [1.54, 1.807) is 23.1 Å². The van der Waals surface area contributed by atoms with Gasteiger partial charge in [-0.15, -0.1) is 23.1 Å². The van der Waals surface area contributed by atoms with Gasteiger partial charge in [0.1, 0.15) is 10.5 Å². The smallest absolute Gasteiger partial charge is 0.205 e. The van der Waals surface area contributed by atoms with Gasteiger partial charge >= 0.3 is 0 Å². The number of hydrogen-bond acceptors (Lipinski definition) is 7. The Hall–Kier alpha value is -1.86. The minimum atomic E-state index is 0.343. The van der Waals surface area contributed by atoms with Crippen LogP contribution in [0.1, 0.15) is 34.5 Å². The lowest BCUT2D eigenvalue weighted by molar-refractivity contribution is 0.181. The van der Waals surface area contributed by atoms with Gasteiger partial charge in [0.25, 0.3) is 0 Å². The van der Waals surface area contributed by atoms with Gasteiger partial charge in [-0.25, -0.2) is 9.98 Å². The third kappa shape index (κ3) is 2.85. The molecule has 0 atom stereocenters. The lowest BCUT2D eigenvalue weighted by Gasteiger charge is -2.16. The highest BCUT2D eigenvalue weighted by atomic mass is 32.2. The molecule has 0 saturated heterocycles. The van der Waals surface area contributed by atoms with Crippen LogP contribution in [-0.2, 0) is 4.84 Å². The third-order valence-corrected chi connectivity index (χ3v) is 6.99. The van der Waals surface area contributed by atoms with E-state index in [1.165, 1.54) is 17.5 Å². The fourth-order valence-electron chi connectivity index (χ4n) is 3.05. The predicted molar refractivity (Wildman–Crippen MR) is 108 cm³/mol. The van der Waals surface area contributed by atoms with Crippen molar-refractivity contribution in [2.24, 2.45) is 10.1 Å². The SMILES string of the molecule is Cc1nc2sc(C3=NC(C4=CCCCS4)=NOC3)c(N)c2c(C)c1C. The van der Waals surface area contributed by atoms with Gasteiger partial charge in [-0.1, -0.05) is 11.2 Å². The largest absolute Gasteiger partial charge is 0.397 e. The molecule has 25 heavy (non-hydrogen) atoms. The van der Waals surface area contributed by atoms with E-state index in [9.17, 15) is 0 Å². The Labute approximate surface area is 155 Å². The number of amidine groups is 1. The lowest BCUT2D eigenvalue weighted by atomic mass is 10.0. The summed E-state index contributed by atoms with van der Waals surface area (Å²) in [5, 5.41) is 5.19. The molecular weight excluding hydrogens is 352 g/mol. The molecular formula is C18H20N4OS2. The van der Waals surface area contributed by atoms with Crippen LogP contribution >= 0.6 is 23.1 Å². The van der Waals surface area contributed by atoms with Crippen molar-refractivity contribution >= 4 is 50.5 Å². The molecule has 5 nitrogen and oxygen atoms in total. The summed E-state index contributed by atoms with van der Waals surface area (Å²) in [6.07, 6.45) is 4.46. The van der Waals surface area contributed by atoms with E-state index in [1.807, 2.05) is 6.92 Å². The molecule has 0 saturated carbocycles. The second-order valence-corrected chi connectivity index (χ2v) is 8.41. The molecule has 2 aliphatic rings. The number of thiophene rings is 1. The lowest BCUT2D eigenvalue weighted by Crippen LogP contribution is -2.18. The van der Waals surface area contributed by atoms with Crippen LogP contribution in [0.2, 0.25) is 0 Å². The maximum Gasteiger partial charge on any atom is 0.205 e. The highest BCUT2D eigenvalue weighted by molar-refractivity contribution is 8.04. The Morgan fingerprint density at radius 3 is 2.80 bits per heavy atom. The molecule has 0 amide bonds. The van der Waals surface area contributed by atoms with E-state index in [0.717, 1.165) is 49.3 Å². The van der Waals surface area contributed by atoms with Gasteiger partial charge in [-0.05, 0) is 50.5 Å². The van der Waals surface area contributed by atoms with Crippen molar-refractivity contribution in [2.45, 2.75) is 33.6 Å². The molecule has 0 aliphatic carbocycles. The van der Waals surface area contributed by atoms with E-state index >= 15 is 0 Å². The Kier molecular flexibility index (Phi) is 4.29. The van der Waals surface area contributed by atoms with Crippen molar-refractivity contribution in [3.05, 3.63) is 32.7 Å². The average molecular weight is 373 g/mol. The van der Waals surface area contributed by atoms with Crippen LogP contribution in [0.15, 0.2) is 21.1 Å². The summed E-state index contributed by atoms with van der Waals surface area (Å²) in [6, 6.07) is 0. The van der Waals surface area contributed by atoms with E-state index in [0.29, 0.717) is 12.4 Å². The summed E-state index contributed by atoms with van der Waals surface area (Å²) in [6.45, 7) is 6.58. The summed E-state index contributed by atoms with van der Waals surface area (Å²) in [4.78, 5) is 18.0. The zero-order valence-electron chi connectivity index (χ0n) is 14.5. The van der Waals surface area contributed by atoms with Crippen LogP contribution in [0.4, 0.5) is 5.69 Å². The number of allylic oxidation sites excluding steroid dienone is 1. The second-order valence-electron chi connectivity index (χ2n) is 6.28. The van der Waals surface area contributed by atoms with Gasteiger partial charge in [-0.2, -0.15) is 0 Å². The number of anilines is 1. The van der Waals surface area contributed by atoms with Crippen LogP contribution in [-0.4, -0.2) is 28.9 Å². The van der Waals surface area contributed by atoms with Crippen LogP contribution in [0.3, 0.4) is 0 Å². The number of rotatable bonds is 2. The predicted octanol–water partition coefficient (Wildman–Crippen LogP) is 4.35. The third-order valence-electron chi connectivity index (χ3n) is 4.69. The molecule has 4 heterocycles. The topological polar surface area (TPSA) is 72.9 Å². The van der Waals surface area contributed by atoms with E-state index in [2.05, 4.69) is 25.1 Å². The first-order chi connectivity index (χ1) is 12.1. The van der Waals surface area contributed by atoms with Crippen LogP contribution < -0.4 is 5.73 Å². The number of nitrogens with two attached hydrogens (primary N) is 1. The minimum Gasteiger partial charge on any atom is -0.397 e. The molecule has 0 bridgehead atoms. The Morgan fingerprint density at radius 1 is 1.20 bits per heavy atom. The quantitative estimate of drug-likeness (QED) is 0.851. The van der Waals surface area contributed by atoms with Gasteiger partial charge in [0.05, 0.1) is 15.5 Å². The monoisotopic (exact) mass is 372 g/mol. The van der Waals surface area contributed by atoms with Gasteiger partial charge < -0.3 is 10.6 Å². The molecule has 2 N–H and O–H groups in total. The number of thioether (sulfide) groups is 1. The Morgan fingerprint density at radius 2 is 2.04 bits per heavy atom. The molecule has 2 aromatic heterocycles. The van der Waals surface area contributed by atoms with E-state index in [-0.39, 0.29) is 0 Å². The summed E-state index contributed by atoms with van der Waals surface area (Å²) >= 11 is 3.37. The first-order valence-electron chi connectivity index (χ1n) is 8.33. The molecule has 130 valence electrons. The molecule has 0 aromatic carbocycles. The number of fused-ring (bicyclic) bond motifs is 1. The summed E-state index contributed by atoms with van der Waals surface area (Å²) < 4.78 is 0. The number of nitrogen functional groups attached to an aromatic ring is 1. The van der Waals surface area contributed by atoms with Gasteiger partial charge in [-0.3, -0.25) is 0 Å². The van der Waals surface area contributed by atoms with Crippen molar-refractivity contribution in [3.63, 3.8) is 0 Å². The zero-order chi connectivity index (χ0) is 17.6. The normalized spacial score (nSPS) is 17.8. The number of hydrogen-bond donors (Lipinski definition) is 1. The fraction of sp³-hybridized carbons (Fsp3) is 0.389. The van der Waals surface area contributed by atoms with Crippen molar-refractivity contribution < 1.29 is 4.84 Å². The molecule has 2 aliphatic heterocycles. The van der Waals surface area contributed by atoms with Crippen molar-refractivity contribution in [1.82, 2.24) is 4.98 Å². The van der Waals surface area contributed by atoms with Crippen molar-refractivity contribution in [1.29, 1.82) is 0 Å². The Bertz CT molecular complexity index is 956. The minimum absolute atomic E-state index is 0.343. The van der Waals surface area contributed by atoms with Crippen molar-refractivity contribution in [2.75, 3.05) is 18.1 Å². The van der Waals surface area contributed by atoms with Crippen LogP contribution in [0.25, 0.3) is 10.2 Å². The highest BCUT2D eigenvalue weighted by Crippen LogP contribution is 2.37. The highest BCUT2D eigenvalue weighted by Gasteiger charge is 2.23. The van der Waals surface area contributed by atoms with Crippen LogP contribution in [0, 0.1) is 20.8 Å². The summed E-state index contributed by atoms with van der Waals surface area (Å²) in [7, 11) is 0. The molecule has 0 unspecified atom stereocenters. The maximum atomic E-state index is 6.49. The molecule has 0 fully saturated rings.